The first-order valence-corrected chi connectivity index (χ1v) is 7.87. The fourth-order valence-corrected chi connectivity index (χ4v) is 3.36. The summed E-state index contributed by atoms with van der Waals surface area (Å²) in [6.07, 6.45) is 4.91. The summed E-state index contributed by atoms with van der Waals surface area (Å²) in [5.74, 6) is -0.203. The van der Waals surface area contributed by atoms with E-state index in [0.717, 1.165) is 36.3 Å². The Hall–Kier alpha value is -2.69. The number of aromatic nitrogens is 3. The molecule has 1 aliphatic carbocycles. The number of nitrogens with one attached hydrogen (secondary N) is 1. The molecule has 0 bridgehead atoms. The zero-order valence-electron chi connectivity index (χ0n) is 13.3. The van der Waals surface area contributed by atoms with E-state index in [2.05, 4.69) is 21.4 Å². The number of rotatable bonds is 2. The summed E-state index contributed by atoms with van der Waals surface area (Å²) in [6, 6.07) is 8.07. The molecule has 5 nitrogen and oxygen atoms in total. The molecule has 3 aromatic rings. The highest BCUT2D eigenvalue weighted by Crippen LogP contribution is 2.29. The van der Waals surface area contributed by atoms with Gasteiger partial charge in [-0.25, -0.2) is 9.97 Å². The SMILES string of the molecule is Cc1cc(C)n2cnc(C(=O)Nc3cccc4c3CCC4)c2n1. The molecule has 0 aliphatic heterocycles. The summed E-state index contributed by atoms with van der Waals surface area (Å²) in [5, 5.41) is 3.02. The number of benzene rings is 1. The predicted molar refractivity (Wildman–Crippen MR) is 88.9 cm³/mol. The van der Waals surface area contributed by atoms with Crippen molar-refractivity contribution in [3.63, 3.8) is 0 Å². The molecule has 1 amide bonds. The third kappa shape index (κ3) is 2.29. The molecule has 0 saturated carbocycles. The number of imidazole rings is 1. The molecule has 0 radical (unpaired) electrons. The fourth-order valence-electron chi connectivity index (χ4n) is 3.36. The number of nitrogens with zero attached hydrogens (tertiary/aromatic N) is 3. The Kier molecular flexibility index (Phi) is 3.15. The molecule has 1 N–H and O–H groups in total. The summed E-state index contributed by atoms with van der Waals surface area (Å²) < 4.78 is 1.84. The van der Waals surface area contributed by atoms with Gasteiger partial charge in [-0.05, 0) is 56.4 Å². The van der Waals surface area contributed by atoms with E-state index in [0.29, 0.717) is 11.3 Å². The van der Waals surface area contributed by atoms with E-state index in [4.69, 9.17) is 0 Å². The maximum Gasteiger partial charge on any atom is 0.278 e. The lowest BCUT2D eigenvalue weighted by Gasteiger charge is -2.09. The fraction of sp³-hybridized carbons (Fsp3) is 0.278. The standard InChI is InChI=1S/C18H18N4O/c1-11-9-12(2)22-10-19-16(17(22)20-11)18(23)21-15-8-4-6-13-5-3-7-14(13)15/h4,6,8-10H,3,5,7H2,1-2H3,(H,21,23). The number of anilines is 1. The molecule has 0 saturated heterocycles. The van der Waals surface area contributed by atoms with E-state index in [9.17, 15) is 4.79 Å². The van der Waals surface area contributed by atoms with Gasteiger partial charge in [0.2, 0.25) is 0 Å². The van der Waals surface area contributed by atoms with Crippen molar-refractivity contribution in [2.75, 3.05) is 5.32 Å². The quantitative estimate of drug-likeness (QED) is 0.791. The maximum atomic E-state index is 12.7. The van der Waals surface area contributed by atoms with Crippen LogP contribution in [0.5, 0.6) is 0 Å². The van der Waals surface area contributed by atoms with Gasteiger partial charge in [0.05, 0.1) is 0 Å². The van der Waals surface area contributed by atoms with Crippen molar-refractivity contribution < 1.29 is 4.79 Å². The zero-order valence-corrected chi connectivity index (χ0v) is 13.3. The van der Waals surface area contributed by atoms with Gasteiger partial charge in [-0.15, -0.1) is 0 Å². The number of fused-ring (bicyclic) bond motifs is 2. The predicted octanol–water partition coefficient (Wildman–Crippen LogP) is 3.09. The summed E-state index contributed by atoms with van der Waals surface area (Å²) in [6.45, 7) is 3.90. The lowest BCUT2D eigenvalue weighted by atomic mass is 10.1. The van der Waals surface area contributed by atoms with Gasteiger partial charge in [-0.3, -0.25) is 9.20 Å². The van der Waals surface area contributed by atoms with Gasteiger partial charge in [-0.1, -0.05) is 12.1 Å². The smallest absolute Gasteiger partial charge is 0.278 e. The Morgan fingerprint density at radius 2 is 2.13 bits per heavy atom. The Labute approximate surface area is 134 Å². The van der Waals surface area contributed by atoms with E-state index < -0.39 is 0 Å². The first-order chi connectivity index (χ1) is 11.1. The van der Waals surface area contributed by atoms with Crippen LogP contribution in [0.1, 0.15) is 39.4 Å². The summed E-state index contributed by atoms with van der Waals surface area (Å²) in [5.41, 5.74) is 6.35. The molecule has 2 heterocycles. The van der Waals surface area contributed by atoms with Crippen molar-refractivity contribution >= 4 is 17.2 Å². The van der Waals surface area contributed by atoms with Gasteiger partial charge in [-0.2, -0.15) is 0 Å². The van der Waals surface area contributed by atoms with Crippen LogP contribution in [-0.2, 0) is 12.8 Å². The van der Waals surface area contributed by atoms with Crippen LogP contribution in [0.3, 0.4) is 0 Å². The van der Waals surface area contributed by atoms with Crippen LogP contribution in [0.25, 0.3) is 5.65 Å². The van der Waals surface area contributed by atoms with Crippen molar-refractivity contribution in [2.24, 2.45) is 0 Å². The largest absolute Gasteiger partial charge is 0.320 e. The van der Waals surface area contributed by atoms with Crippen LogP contribution < -0.4 is 5.32 Å². The third-order valence-corrected chi connectivity index (χ3v) is 4.43. The molecule has 0 unspecified atom stereocenters. The Morgan fingerprint density at radius 3 is 3.00 bits per heavy atom. The van der Waals surface area contributed by atoms with E-state index >= 15 is 0 Å². The molecular weight excluding hydrogens is 288 g/mol. The average molecular weight is 306 g/mol. The van der Waals surface area contributed by atoms with Crippen LogP contribution in [0, 0.1) is 13.8 Å². The van der Waals surface area contributed by atoms with E-state index in [-0.39, 0.29) is 5.91 Å². The molecule has 116 valence electrons. The summed E-state index contributed by atoms with van der Waals surface area (Å²) >= 11 is 0. The molecule has 5 heteroatoms. The van der Waals surface area contributed by atoms with Crippen LogP contribution >= 0.6 is 0 Å². The molecule has 4 rings (SSSR count). The minimum Gasteiger partial charge on any atom is -0.320 e. The molecule has 0 spiro atoms. The third-order valence-electron chi connectivity index (χ3n) is 4.43. The zero-order chi connectivity index (χ0) is 16.0. The summed E-state index contributed by atoms with van der Waals surface area (Å²) in [4.78, 5) is 21.4. The highest BCUT2D eigenvalue weighted by Gasteiger charge is 2.19. The average Bonchev–Trinajstić information content (AvgIpc) is 3.13. The van der Waals surface area contributed by atoms with Gasteiger partial charge >= 0.3 is 0 Å². The van der Waals surface area contributed by atoms with Gasteiger partial charge in [0.1, 0.15) is 6.33 Å². The summed E-state index contributed by atoms with van der Waals surface area (Å²) in [7, 11) is 0. The van der Waals surface area contributed by atoms with Crippen LogP contribution in [0.2, 0.25) is 0 Å². The van der Waals surface area contributed by atoms with Crippen molar-refractivity contribution in [2.45, 2.75) is 33.1 Å². The second-order valence-electron chi connectivity index (χ2n) is 6.08. The van der Waals surface area contributed by atoms with Crippen molar-refractivity contribution in [1.82, 2.24) is 14.4 Å². The highest BCUT2D eigenvalue weighted by molar-refractivity contribution is 6.07. The maximum absolute atomic E-state index is 12.7. The van der Waals surface area contributed by atoms with E-state index in [1.165, 1.54) is 11.1 Å². The molecule has 2 aromatic heterocycles. The van der Waals surface area contributed by atoms with Crippen molar-refractivity contribution in [3.05, 3.63) is 58.8 Å². The minimum absolute atomic E-state index is 0.203. The number of aryl methyl sites for hydroxylation is 3. The first-order valence-electron chi connectivity index (χ1n) is 7.87. The van der Waals surface area contributed by atoms with Crippen LogP contribution in [0.15, 0.2) is 30.6 Å². The normalized spacial score (nSPS) is 13.3. The number of carbonyl (C=O) groups excluding carboxylic acids is 1. The molecular formula is C18H18N4O. The van der Waals surface area contributed by atoms with Gasteiger partial charge in [0, 0.05) is 17.1 Å². The number of carbonyl (C=O) groups is 1. The van der Waals surface area contributed by atoms with Crippen LogP contribution in [0.4, 0.5) is 5.69 Å². The van der Waals surface area contributed by atoms with Gasteiger partial charge in [0.25, 0.3) is 5.91 Å². The second kappa shape index (κ2) is 5.19. The molecule has 23 heavy (non-hydrogen) atoms. The minimum atomic E-state index is -0.203. The topological polar surface area (TPSA) is 59.3 Å². The second-order valence-corrected chi connectivity index (χ2v) is 6.08. The number of hydrogen-bond acceptors (Lipinski definition) is 3. The van der Waals surface area contributed by atoms with Crippen molar-refractivity contribution in [1.29, 1.82) is 0 Å². The van der Waals surface area contributed by atoms with Gasteiger partial charge in [0.15, 0.2) is 11.3 Å². The Morgan fingerprint density at radius 1 is 1.26 bits per heavy atom. The first kappa shape index (κ1) is 13.9. The molecule has 1 aliphatic rings. The number of amides is 1. The lowest BCUT2D eigenvalue weighted by molar-refractivity contribution is 0.102. The monoisotopic (exact) mass is 306 g/mol. The molecule has 1 aromatic carbocycles. The van der Waals surface area contributed by atoms with Crippen LogP contribution in [-0.4, -0.2) is 20.3 Å². The molecule has 0 fully saturated rings. The van der Waals surface area contributed by atoms with Gasteiger partial charge < -0.3 is 5.32 Å². The lowest BCUT2D eigenvalue weighted by Crippen LogP contribution is -2.15. The Bertz CT molecular complexity index is 926. The number of hydrogen-bond donors (Lipinski definition) is 1. The van der Waals surface area contributed by atoms with E-state index in [1.54, 1.807) is 6.33 Å². The van der Waals surface area contributed by atoms with Crippen molar-refractivity contribution in [3.8, 4) is 0 Å². The van der Waals surface area contributed by atoms with E-state index in [1.807, 2.05) is 36.4 Å². The molecule has 0 atom stereocenters. The Balaban J connectivity index is 1.72. The highest BCUT2D eigenvalue weighted by atomic mass is 16.1.